The molecule has 164 valence electrons. The van der Waals surface area contributed by atoms with Crippen LogP contribution in [-0.2, 0) is 16.0 Å². The number of methoxy groups -OCH3 is 1. The zero-order chi connectivity index (χ0) is 21.1. The molecule has 0 radical (unpaired) electrons. The average Bonchev–Trinajstić information content (AvgIpc) is 2.70. The summed E-state index contributed by atoms with van der Waals surface area (Å²) in [7, 11) is 1.66. The summed E-state index contributed by atoms with van der Waals surface area (Å²) in [6.45, 7) is 12.8. The van der Waals surface area contributed by atoms with Gasteiger partial charge in [-0.1, -0.05) is 26.8 Å². The summed E-state index contributed by atoms with van der Waals surface area (Å²) in [5.74, 6) is 1.88. The van der Waals surface area contributed by atoms with Crippen LogP contribution in [0.1, 0.15) is 46.1 Å². The number of hydrogen-bond donors (Lipinski definition) is 2. The topological polar surface area (TPSA) is 77.0 Å². The predicted octanol–water partition coefficient (Wildman–Crippen LogP) is 3.00. The quantitative estimate of drug-likeness (QED) is 0.373. The van der Waals surface area contributed by atoms with Crippen LogP contribution in [0.25, 0.3) is 0 Å². The van der Waals surface area contributed by atoms with E-state index in [0.29, 0.717) is 31.6 Å². The SMILES string of the molecule is CCNC(=NCc1cccnc1OCCOC)NCC1CCCOC1C(C)(C)C. The summed E-state index contributed by atoms with van der Waals surface area (Å²) in [4.78, 5) is 9.07. The minimum atomic E-state index is 0.131. The summed E-state index contributed by atoms with van der Waals surface area (Å²) in [5, 5.41) is 6.85. The Bertz CT molecular complexity index is 631. The molecule has 7 nitrogen and oxygen atoms in total. The van der Waals surface area contributed by atoms with Crippen molar-refractivity contribution in [1.29, 1.82) is 0 Å². The van der Waals surface area contributed by atoms with Crippen molar-refractivity contribution in [3.8, 4) is 5.88 Å². The minimum absolute atomic E-state index is 0.131. The minimum Gasteiger partial charge on any atom is -0.475 e. The first-order valence-corrected chi connectivity index (χ1v) is 10.6. The maximum absolute atomic E-state index is 6.10. The molecule has 0 amide bonds. The van der Waals surface area contributed by atoms with Gasteiger partial charge in [0.05, 0.1) is 19.3 Å². The molecule has 7 heteroatoms. The second kappa shape index (κ2) is 12.0. The Morgan fingerprint density at radius 1 is 1.31 bits per heavy atom. The van der Waals surface area contributed by atoms with E-state index in [0.717, 1.165) is 37.6 Å². The molecule has 0 spiro atoms. The number of hydrogen-bond acceptors (Lipinski definition) is 5. The third-order valence-electron chi connectivity index (χ3n) is 4.96. The van der Waals surface area contributed by atoms with Gasteiger partial charge in [0.2, 0.25) is 5.88 Å². The molecule has 29 heavy (non-hydrogen) atoms. The maximum Gasteiger partial charge on any atom is 0.218 e. The Hall–Kier alpha value is -1.86. The van der Waals surface area contributed by atoms with E-state index in [1.54, 1.807) is 13.3 Å². The van der Waals surface area contributed by atoms with E-state index in [-0.39, 0.29) is 11.5 Å². The highest BCUT2D eigenvalue weighted by Crippen LogP contribution is 2.33. The van der Waals surface area contributed by atoms with Crippen LogP contribution in [0.15, 0.2) is 23.3 Å². The van der Waals surface area contributed by atoms with Crippen LogP contribution < -0.4 is 15.4 Å². The molecular formula is C22H38N4O3. The summed E-state index contributed by atoms with van der Waals surface area (Å²) in [6.07, 6.45) is 4.28. The Labute approximate surface area is 175 Å². The van der Waals surface area contributed by atoms with Gasteiger partial charge in [0.15, 0.2) is 5.96 Å². The molecule has 1 saturated heterocycles. The largest absolute Gasteiger partial charge is 0.475 e. The molecule has 2 rings (SSSR count). The Morgan fingerprint density at radius 3 is 2.86 bits per heavy atom. The molecule has 1 aliphatic heterocycles. The molecule has 0 bridgehead atoms. The molecule has 2 unspecified atom stereocenters. The molecule has 2 N–H and O–H groups in total. The molecule has 0 saturated carbocycles. The first-order chi connectivity index (χ1) is 14.0. The zero-order valence-electron chi connectivity index (χ0n) is 18.7. The normalized spacial score (nSPS) is 20.4. The number of pyridine rings is 1. The Morgan fingerprint density at radius 2 is 2.14 bits per heavy atom. The molecule has 1 aromatic heterocycles. The van der Waals surface area contributed by atoms with Crippen LogP contribution in [0.5, 0.6) is 5.88 Å². The molecular weight excluding hydrogens is 368 g/mol. The third-order valence-corrected chi connectivity index (χ3v) is 4.96. The van der Waals surface area contributed by atoms with E-state index < -0.39 is 0 Å². The summed E-state index contributed by atoms with van der Waals surface area (Å²) < 4.78 is 16.9. The lowest BCUT2D eigenvalue weighted by Crippen LogP contribution is -2.47. The molecule has 0 aliphatic carbocycles. The fourth-order valence-electron chi connectivity index (χ4n) is 3.64. The molecule has 2 heterocycles. The number of ether oxygens (including phenoxy) is 3. The van der Waals surface area contributed by atoms with E-state index in [9.17, 15) is 0 Å². The monoisotopic (exact) mass is 406 g/mol. The van der Waals surface area contributed by atoms with Gasteiger partial charge in [0.25, 0.3) is 0 Å². The highest BCUT2D eigenvalue weighted by atomic mass is 16.5. The van der Waals surface area contributed by atoms with Crippen molar-refractivity contribution in [2.24, 2.45) is 16.3 Å². The van der Waals surface area contributed by atoms with Crippen molar-refractivity contribution < 1.29 is 14.2 Å². The van der Waals surface area contributed by atoms with Crippen molar-refractivity contribution in [3.05, 3.63) is 23.9 Å². The zero-order valence-corrected chi connectivity index (χ0v) is 18.7. The van der Waals surface area contributed by atoms with Gasteiger partial charge >= 0.3 is 0 Å². The lowest BCUT2D eigenvalue weighted by molar-refractivity contribution is -0.0835. The molecule has 2 atom stereocenters. The van der Waals surface area contributed by atoms with E-state index in [4.69, 9.17) is 19.2 Å². The maximum atomic E-state index is 6.10. The van der Waals surface area contributed by atoms with E-state index in [2.05, 4.69) is 43.3 Å². The molecule has 1 aliphatic rings. The van der Waals surface area contributed by atoms with Gasteiger partial charge in [0, 0.05) is 44.5 Å². The van der Waals surface area contributed by atoms with Crippen molar-refractivity contribution in [2.75, 3.05) is 40.0 Å². The Kier molecular flexibility index (Phi) is 9.67. The smallest absolute Gasteiger partial charge is 0.218 e. The lowest BCUT2D eigenvalue weighted by atomic mass is 9.78. The van der Waals surface area contributed by atoms with Crippen LogP contribution in [0.4, 0.5) is 0 Å². The summed E-state index contributed by atoms with van der Waals surface area (Å²) >= 11 is 0. The van der Waals surface area contributed by atoms with Crippen molar-refractivity contribution in [1.82, 2.24) is 15.6 Å². The molecule has 1 fully saturated rings. The van der Waals surface area contributed by atoms with Gasteiger partial charge in [-0.15, -0.1) is 0 Å². The first-order valence-electron chi connectivity index (χ1n) is 10.6. The van der Waals surface area contributed by atoms with Crippen LogP contribution >= 0.6 is 0 Å². The number of nitrogens with zero attached hydrogens (tertiary/aromatic N) is 2. The van der Waals surface area contributed by atoms with E-state index in [1.807, 2.05) is 12.1 Å². The number of rotatable bonds is 9. The van der Waals surface area contributed by atoms with Crippen LogP contribution in [0.2, 0.25) is 0 Å². The molecule has 1 aromatic rings. The van der Waals surface area contributed by atoms with Gasteiger partial charge in [-0.05, 0) is 31.2 Å². The summed E-state index contributed by atoms with van der Waals surface area (Å²) in [6, 6.07) is 3.90. The number of nitrogens with one attached hydrogen (secondary N) is 2. The van der Waals surface area contributed by atoms with E-state index >= 15 is 0 Å². The van der Waals surface area contributed by atoms with E-state index in [1.165, 1.54) is 6.42 Å². The van der Waals surface area contributed by atoms with Crippen LogP contribution in [-0.4, -0.2) is 57.1 Å². The van der Waals surface area contributed by atoms with Gasteiger partial charge in [-0.25, -0.2) is 9.98 Å². The Balaban J connectivity index is 1.99. The fraction of sp³-hybridized carbons (Fsp3) is 0.727. The first kappa shape index (κ1) is 23.4. The van der Waals surface area contributed by atoms with Gasteiger partial charge in [-0.3, -0.25) is 0 Å². The van der Waals surface area contributed by atoms with Crippen LogP contribution in [0.3, 0.4) is 0 Å². The molecule has 0 aromatic carbocycles. The highest BCUT2D eigenvalue weighted by molar-refractivity contribution is 5.79. The highest BCUT2D eigenvalue weighted by Gasteiger charge is 2.35. The lowest BCUT2D eigenvalue weighted by Gasteiger charge is -2.40. The van der Waals surface area contributed by atoms with Crippen molar-refractivity contribution in [3.63, 3.8) is 0 Å². The van der Waals surface area contributed by atoms with Gasteiger partial charge in [-0.2, -0.15) is 0 Å². The fourth-order valence-corrected chi connectivity index (χ4v) is 3.64. The second-order valence-electron chi connectivity index (χ2n) is 8.44. The number of guanidine groups is 1. The van der Waals surface area contributed by atoms with Crippen molar-refractivity contribution in [2.45, 2.75) is 53.2 Å². The number of aliphatic imine (C=N–C) groups is 1. The number of aromatic nitrogens is 1. The standard InChI is InChI=1S/C22H38N4O3/c1-6-23-21(25-15-17-10-8-12-28-19(17)22(2,3)4)26-16-18-9-7-11-24-20(18)29-14-13-27-5/h7,9,11,17,19H,6,8,10,12-16H2,1-5H3,(H2,23,25,26). The van der Waals surface area contributed by atoms with Gasteiger partial charge in [0.1, 0.15) is 6.61 Å². The average molecular weight is 407 g/mol. The third kappa shape index (κ3) is 7.82. The predicted molar refractivity (Wildman–Crippen MR) is 116 cm³/mol. The van der Waals surface area contributed by atoms with Crippen LogP contribution in [0, 0.1) is 11.3 Å². The second-order valence-corrected chi connectivity index (χ2v) is 8.44. The van der Waals surface area contributed by atoms with Crippen molar-refractivity contribution >= 4 is 5.96 Å². The van der Waals surface area contributed by atoms with Gasteiger partial charge < -0.3 is 24.8 Å². The summed E-state index contributed by atoms with van der Waals surface area (Å²) in [5.41, 5.74) is 1.08.